The van der Waals surface area contributed by atoms with E-state index in [1.807, 2.05) is 0 Å². The van der Waals surface area contributed by atoms with Crippen molar-refractivity contribution in [1.82, 2.24) is 4.90 Å². The molecule has 0 aliphatic heterocycles. The Morgan fingerprint density at radius 1 is 0.600 bits per heavy atom. The summed E-state index contributed by atoms with van der Waals surface area (Å²) in [7, 11) is 1.68. The first-order valence-electron chi connectivity index (χ1n) is 22.9. The van der Waals surface area contributed by atoms with Crippen LogP contribution in [0.15, 0.2) is 73.3 Å². The van der Waals surface area contributed by atoms with E-state index >= 15 is 0 Å². The zero-order valence-corrected chi connectivity index (χ0v) is 41.4. The standard InChI is InChI=1S/C19H34O.C17H31.C10H21NO.C5H9.K/c1-3-4-5-6-7-8-9-10-11-12-13-14-15-16-17-18-19(2)20;1-3-5-7-9-11-13-15-17-16-14-12-10-8-6-4-2;1-5-11(6-2)9-7-8-10(3)12-4;1-2-4-5-3-1;/h7-8,10-11,20H,2-6,9,12-18H2,1H3;12,14-15,17H,1,3-11,13,16H2,2H3;3,5-9H2,1-2,4H3;1H,2-5H2;/q;-1;;-1;+1/b8-7-,11-10-;14-12-,17-15-;;;. The molecule has 4 heteroatoms. The van der Waals surface area contributed by atoms with Gasteiger partial charge in [0.2, 0.25) is 0 Å². The Kier molecular flexibility index (Phi) is 64.6. The molecule has 1 saturated carbocycles. The Morgan fingerprint density at radius 2 is 1.02 bits per heavy atom. The third-order valence-corrected chi connectivity index (χ3v) is 9.55. The van der Waals surface area contributed by atoms with Gasteiger partial charge < -0.3 is 28.1 Å². The Bertz CT molecular complexity index is 830. The van der Waals surface area contributed by atoms with Gasteiger partial charge in [-0.1, -0.05) is 167 Å². The summed E-state index contributed by atoms with van der Waals surface area (Å²) in [4.78, 5) is 2.41. The minimum atomic E-state index is 0. The van der Waals surface area contributed by atoms with Gasteiger partial charge in [-0.25, -0.2) is 0 Å². The molecule has 3 nitrogen and oxygen atoms in total. The monoisotopic (exact) mass is 793 g/mol. The van der Waals surface area contributed by atoms with Crippen molar-refractivity contribution in [2.75, 3.05) is 26.7 Å². The normalized spacial score (nSPS) is 12.3. The van der Waals surface area contributed by atoms with Gasteiger partial charge in [-0.05, 0) is 96.7 Å². The number of ether oxygens (including phenoxy) is 1. The van der Waals surface area contributed by atoms with Gasteiger partial charge in [0.1, 0.15) is 0 Å². The first kappa shape index (κ1) is 61.3. The molecule has 0 bridgehead atoms. The van der Waals surface area contributed by atoms with Crippen LogP contribution < -0.4 is 51.4 Å². The molecule has 318 valence electrons. The second-order valence-electron chi connectivity index (χ2n) is 14.7. The molecule has 1 fully saturated rings. The van der Waals surface area contributed by atoms with E-state index < -0.39 is 0 Å². The Balaban J connectivity index is -0.000000337. The number of nitrogens with zero attached hydrogens (tertiary/aromatic N) is 1. The van der Waals surface area contributed by atoms with E-state index in [2.05, 4.69) is 108 Å². The predicted octanol–water partition coefficient (Wildman–Crippen LogP) is 14.2. The third-order valence-electron chi connectivity index (χ3n) is 9.55. The van der Waals surface area contributed by atoms with Crippen LogP contribution in [0.4, 0.5) is 0 Å². The summed E-state index contributed by atoms with van der Waals surface area (Å²) in [5.74, 6) is 1.22. The fourth-order valence-corrected chi connectivity index (χ4v) is 5.82. The summed E-state index contributed by atoms with van der Waals surface area (Å²) in [5, 5.41) is 8.95. The second-order valence-corrected chi connectivity index (χ2v) is 14.7. The number of aliphatic hydroxyl groups is 1. The van der Waals surface area contributed by atoms with Crippen molar-refractivity contribution in [1.29, 1.82) is 0 Å². The number of hydrogen-bond donors (Lipinski definition) is 1. The van der Waals surface area contributed by atoms with Crippen LogP contribution in [0.2, 0.25) is 0 Å². The van der Waals surface area contributed by atoms with Gasteiger partial charge >= 0.3 is 51.4 Å². The minimum absolute atomic E-state index is 0. The number of rotatable bonds is 33. The average Bonchev–Trinajstić information content (AvgIpc) is 3.78. The Morgan fingerprint density at radius 3 is 1.38 bits per heavy atom. The first-order valence-corrected chi connectivity index (χ1v) is 22.9. The smallest absolute Gasteiger partial charge is 0.513 e. The van der Waals surface area contributed by atoms with Crippen LogP contribution in [0, 0.1) is 13.3 Å². The molecule has 0 aromatic heterocycles. The van der Waals surface area contributed by atoms with Gasteiger partial charge in [0.05, 0.1) is 18.6 Å². The quantitative estimate of drug-likeness (QED) is 0.0236. The number of hydrogen-bond acceptors (Lipinski definition) is 3. The molecule has 0 unspecified atom stereocenters. The molecule has 0 heterocycles. The number of unbranched alkanes of at least 4 members (excludes halogenated alkanes) is 16. The molecule has 1 N–H and O–H groups in total. The maximum Gasteiger partial charge on any atom is 1.00 e. The zero-order valence-electron chi connectivity index (χ0n) is 38.2. The van der Waals surface area contributed by atoms with Gasteiger partial charge in [0.15, 0.2) is 0 Å². The van der Waals surface area contributed by atoms with Crippen molar-refractivity contribution in [2.45, 2.75) is 214 Å². The molecule has 1 aliphatic carbocycles. The van der Waals surface area contributed by atoms with E-state index in [0.29, 0.717) is 5.76 Å². The second kappa shape index (κ2) is 58.0. The van der Waals surface area contributed by atoms with E-state index in [0.717, 1.165) is 70.3 Å². The van der Waals surface area contributed by atoms with E-state index in [1.54, 1.807) is 7.11 Å². The summed E-state index contributed by atoms with van der Waals surface area (Å²) in [6.07, 6.45) is 57.2. The van der Waals surface area contributed by atoms with Crippen LogP contribution in [0.3, 0.4) is 0 Å². The molecule has 0 aromatic carbocycles. The van der Waals surface area contributed by atoms with E-state index in [1.165, 1.54) is 141 Å². The molecule has 1 aliphatic rings. The summed E-state index contributed by atoms with van der Waals surface area (Å²) in [6.45, 7) is 23.4. The van der Waals surface area contributed by atoms with E-state index in [4.69, 9.17) is 9.84 Å². The summed E-state index contributed by atoms with van der Waals surface area (Å²) in [6, 6.07) is 0. The van der Waals surface area contributed by atoms with Gasteiger partial charge in [0, 0.05) is 12.8 Å². The van der Waals surface area contributed by atoms with Crippen LogP contribution in [0.1, 0.15) is 214 Å². The van der Waals surface area contributed by atoms with E-state index in [-0.39, 0.29) is 51.4 Å². The van der Waals surface area contributed by atoms with E-state index in [9.17, 15) is 0 Å². The van der Waals surface area contributed by atoms with Crippen LogP contribution in [-0.4, -0.2) is 36.8 Å². The van der Waals surface area contributed by atoms with Crippen molar-refractivity contribution in [3.8, 4) is 0 Å². The number of allylic oxidation sites excluding steroid dienone is 10. The zero-order chi connectivity index (χ0) is 40.4. The molecule has 55 heavy (non-hydrogen) atoms. The molecule has 0 spiro atoms. The van der Waals surface area contributed by atoms with Crippen molar-refractivity contribution < 1.29 is 61.2 Å². The maximum absolute atomic E-state index is 8.95. The molecule has 0 saturated heterocycles. The SMILES string of the molecule is C=C(CCCN(CC)CC)OC.C=C(O)CCCCCCC/C=C\C/C=C\CCCCC.[CH-]1CCCC1.[CH2-]CCCCCC/C=C\C/C=C\CCCCC.[K+]. The van der Waals surface area contributed by atoms with Gasteiger partial charge in [-0.2, -0.15) is 19.3 Å². The average molecular weight is 793 g/mol. The van der Waals surface area contributed by atoms with Crippen LogP contribution in [0.5, 0.6) is 0 Å². The molecule has 0 radical (unpaired) electrons. The molecular weight excluding hydrogens is 698 g/mol. The van der Waals surface area contributed by atoms with Crippen molar-refractivity contribution in [3.63, 3.8) is 0 Å². The Labute approximate surface area is 389 Å². The minimum Gasteiger partial charge on any atom is -0.513 e. The molecule has 0 amide bonds. The van der Waals surface area contributed by atoms with Gasteiger partial charge in [0.25, 0.3) is 0 Å². The number of aliphatic hydroxyl groups excluding tert-OH is 1. The number of methoxy groups -OCH3 is 1. The fourth-order valence-electron chi connectivity index (χ4n) is 5.82. The molecule has 1 rings (SSSR count). The van der Waals surface area contributed by atoms with Crippen molar-refractivity contribution >= 4 is 0 Å². The molecule has 0 atom stereocenters. The summed E-state index contributed by atoms with van der Waals surface area (Å²) in [5.41, 5.74) is 0. The van der Waals surface area contributed by atoms with Crippen LogP contribution in [-0.2, 0) is 4.74 Å². The molecule has 0 aromatic rings. The summed E-state index contributed by atoms with van der Waals surface area (Å²) >= 11 is 0. The first-order chi connectivity index (χ1) is 26.4. The van der Waals surface area contributed by atoms with Gasteiger partial charge in [-0.15, -0.1) is 0 Å². The van der Waals surface area contributed by atoms with Gasteiger partial charge in [-0.3, -0.25) is 0 Å². The predicted molar refractivity (Wildman–Crippen MR) is 247 cm³/mol. The Hall–Kier alpha value is -0.364. The maximum atomic E-state index is 8.95. The van der Waals surface area contributed by atoms with Crippen molar-refractivity contribution in [3.05, 3.63) is 86.6 Å². The summed E-state index contributed by atoms with van der Waals surface area (Å²) < 4.78 is 4.99. The van der Waals surface area contributed by atoms with Crippen molar-refractivity contribution in [2.24, 2.45) is 0 Å². The van der Waals surface area contributed by atoms with Crippen LogP contribution >= 0.6 is 0 Å². The third kappa shape index (κ3) is 63.0. The largest absolute Gasteiger partial charge is 1.00 e. The van der Waals surface area contributed by atoms with Crippen LogP contribution in [0.25, 0.3) is 0 Å². The topological polar surface area (TPSA) is 32.7 Å². The fraction of sp³-hybridized carbons (Fsp3) is 0.725. The molecular formula is C51H95KNO2-.